The normalized spacial score (nSPS) is 17.6. The number of pyridine rings is 1. The Morgan fingerprint density at radius 3 is 2.67 bits per heavy atom. The fraction of sp³-hybridized carbons (Fsp3) is 0.333. The van der Waals surface area contributed by atoms with Crippen LogP contribution in [-0.4, -0.2) is 20.7 Å². The number of rotatable bonds is 2. The lowest BCUT2D eigenvalue weighted by Crippen LogP contribution is -2.18. The van der Waals surface area contributed by atoms with E-state index in [9.17, 15) is 13.2 Å². The van der Waals surface area contributed by atoms with Crippen LogP contribution in [0.4, 0.5) is 13.2 Å². The Morgan fingerprint density at radius 1 is 1.24 bits per heavy atom. The molecule has 2 heterocycles. The minimum atomic E-state index is -2.61. The van der Waals surface area contributed by atoms with E-state index in [1.807, 2.05) is 0 Å². The van der Waals surface area contributed by atoms with E-state index in [2.05, 4.69) is 10.1 Å². The van der Waals surface area contributed by atoms with Gasteiger partial charge in [0.2, 0.25) is 0 Å². The summed E-state index contributed by atoms with van der Waals surface area (Å²) >= 11 is 0. The molecule has 1 aliphatic carbocycles. The first-order chi connectivity index (χ1) is 9.94. The van der Waals surface area contributed by atoms with E-state index in [-0.39, 0.29) is 12.8 Å². The fourth-order valence-electron chi connectivity index (χ4n) is 2.42. The fourth-order valence-corrected chi connectivity index (χ4v) is 2.42. The van der Waals surface area contributed by atoms with Crippen LogP contribution in [0.25, 0.3) is 17.0 Å². The van der Waals surface area contributed by atoms with Crippen LogP contribution in [-0.2, 0) is 7.05 Å². The molecule has 3 nitrogen and oxygen atoms in total. The Bertz CT molecular complexity index is 687. The zero-order chi connectivity index (χ0) is 15.0. The molecule has 1 aliphatic rings. The van der Waals surface area contributed by atoms with Crippen LogP contribution >= 0.6 is 0 Å². The molecular formula is C15H14F3N3. The van der Waals surface area contributed by atoms with Crippen molar-refractivity contribution in [1.82, 2.24) is 14.8 Å². The van der Waals surface area contributed by atoms with Crippen LogP contribution in [0, 0.1) is 5.82 Å². The molecule has 0 fully saturated rings. The highest BCUT2D eigenvalue weighted by Gasteiger charge is 2.31. The second-order valence-electron chi connectivity index (χ2n) is 5.19. The van der Waals surface area contributed by atoms with Gasteiger partial charge in [0, 0.05) is 19.9 Å². The van der Waals surface area contributed by atoms with Crippen molar-refractivity contribution >= 4 is 5.57 Å². The zero-order valence-corrected chi connectivity index (χ0v) is 11.5. The summed E-state index contributed by atoms with van der Waals surface area (Å²) in [5, 5.41) is 4.35. The molecule has 6 heteroatoms. The van der Waals surface area contributed by atoms with Gasteiger partial charge in [-0.1, -0.05) is 6.08 Å². The standard InChI is InChI=1S/C15H14F3N3/c1-21-14(12-3-2-11(16)9-19-12)8-13(20-21)10-4-6-15(17,18)7-5-10/h2-4,8-9H,5-7H2,1H3. The maximum Gasteiger partial charge on any atom is 0.251 e. The van der Waals surface area contributed by atoms with Crippen molar-refractivity contribution in [2.75, 3.05) is 0 Å². The maximum atomic E-state index is 13.2. The van der Waals surface area contributed by atoms with E-state index in [4.69, 9.17) is 0 Å². The van der Waals surface area contributed by atoms with Crippen LogP contribution in [0.1, 0.15) is 25.0 Å². The van der Waals surface area contributed by atoms with E-state index >= 15 is 0 Å². The third-order valence-corrected chi connectivity index (χ3v) is 3.61. The summed E-state index contributed by atoms with van der Waals surface area (Å²) in [6, 6.07) is 4.70. The first-order valence-electron chi connectivity index (χ1n) is 6.68. The number of allylic oxidation sites excluding steroid dienone is 2. The van der Waals surface area contributed by atoms with Gasteiger partial charge in [0.05, 0.1) is 23.3 Å². The second kappa shape index (κ2) is 5.02. The van der Waals surface area contributed by atoms with Gasteiger partial charge in [-0.05, 0) is 30.2 Å². The molecule has 0 bridgehead atoms. The predicted molar refractivity (Wildman–Crippen MR) is 73.2 cm³/mol. The lowest BCUT2D eigenvalue weighted by atomic mass is 9.94. The molecule has 0 saturated carbocycles. The zero-order valence-electron chi connectivity index (χ0n) is 11.5. The van der Waals surface area contributed by atoms with E-state index in [0.29, 0.717) is 17.8 Å². The first kappa shape index (κ1) is 13.9. The van der Waals surface area contributed by atoms with E-state index in [1.54, 1.807) is 29.9 Å². The minimum Gasteiger partial charge on any atom is -0.266 e. The highest BCUT2D eigenvalue weighted by Crippen LogP contribution is 2.36. The van der Waals surface area contributed by atoms with Gasteiger partial charge in [-0.25, -0.2) is 13.2 Å². The van der Waals surface area contributed by atoms with Gasteiger partial charge in [0.15, 0.2) is 0 Å². The molecule has 0 atom stereocenters. The van der Waals surface area contributed by atoms with Crippen molar-refractivity contribution in [2.24, 2.45) is 7.05 Å². The van der Waals surface area contributed by atoms with Crippen molar-refractivity contribution in [3.63, 3.8) is 0 Å². The Morgan fingerprint density at radius 2 is 2.05 bits per heavy atom. The van der Waals surface area contributed by atoms with Gasteiger partial charge in [-0.3, -0.25) is 9.67 Å². The summed E-state index contributed by atoms with van der Waals surface area (Å²) in [4.78, 5) is 4.02. The summed E-state index contributed by atoms with van der Waals surface area (Å²) in [6.07, 6.45) is 2.60. The molecule has 3 rings (SSSR count). The molecule has 0 radical (unpaired) electrons. The van der Waals surface area contributed by atoms with Crippen molar-refractivity contribution in [3.8, 4) is 11.4 Å². The molecule has 0 amide bonds. The Labute approximate surface area is 120 Å². The second-order valence-corrected chi connectivity index (χ2v) is 5.19. The molecule has 0 aliphatic heterocycles. The molecule has 0 spiro atoms. The highest BCUT2D eigenvalue weighted by molar-refractivity contribution is 5.68. The van der Waals surface area contributed by atoms with E-state index in [1.165, 1.54) is 6.07 Å². The van der Waals surface area contributed by atoms with Gasteiger partial charge in [-0.15, -0.1) is 0 Å². The topological polar surface area (TPSA) is 30.7 Å². The molecule has 0 aromatic carbocycles. The number of aryl methyl sites for hydroxylation is 1. The lowest BCUT2D eigenvalue weighted by molar-refractivity contribution is -0.00605. The SMILES string of the molecule is Cn1nc(C2=CCC(F)(F)CC2)cc1-c1ccc(F)cn1. The van der Waals surface area contributed by atoms with Crippen molar-refractivity contribution in [2.45, 2.75) is 25.2 Å². The number of halogens is 3. The molecule has 2 aromatic heterocycles. The Kier molecular flexibility index (Phi) is 3.31. The van der Waals surface area contributed by atoms with E-state index in [0.717, 1.165) is 17.5 Å². The number of hydrogen-bond acceptors (Lipinski definition) is 2. The number of alkyl halides is 2. The monoisotopic (exact) mass is 293 g/mol. The molecular weight excluding hydrogens is 279 g/mol. The van der Waals surface area contributed by atoms with E-state index < -0.39 is 11.7 Å². The molecule has 0 saturated heterocycles. The van der Waals surface area contributed by atoms with Gasteiger partial charge in [0.1, 0.15) is 5.82 Å². The molecule has 0 unspecified atom stereocenters. The van der Waals surface area contributed by atoms with Gasteiger partial charge in [-0.2, -0.15) is 5.10 Å². The summed E-state index contributed by atoms with van der Waals surface area (Å²) in [7, 11) is 1.75. The van der Waals surface area contributed by atoms with Crippen molar-refractivity contribution in [3.05, 3.63) is 42.0 Å². The molecule has 110 valence electrons. The number of hydrogen-bond donors (Lipinski definition) is 0. The lowest BCUT2D eigenvalue weighted by Gasteiger charge is -2.20. The number of nitrogens with zero attached hydrogens (tertiary/aromatic N) is 3. The Balaban J connectivity index is 1.92. The van der Waals surface area contributed by atoms with Crippen molar-refractivity contribution in [1.29, 1.82) is 0 Å². The quantitative estimate of drug-likeness (QED) is 0.842. The van der Waals surface area contributed by atoms with Crippen LogP contribution < -0.4 is 0 Å². The minimum absolute atomic E-state index is 0.153. The van der Waals surface area contributed by atoms with Crippen LogP contribution in [0.5, 0.6) is 0 Å². The Hall–Kier alpha value is -2.11. The van der Waals surface area contributed by atoms with Crippen LogP contribution in [0.3, 0.4) is 0 Å². The average molecular weight is 293 g/mol. The summed E-state index contributed by atoms with van der Waals surface area (Å²) in [5.74, 6) is -3.02. The van der Waals surface area contributed by atoms with Gasteiger partial charge >= 0.3 is 0 Å². The third kappa shape index (κ3) is 2.84. The van der Waals surface area contributed by atoms with Crippen molar-refractivity contribution < 1.29 is 13.2 Å². The summed E-state index contributed by atoms with van der Waals surface area (Å²) < 4.78 is 40.9. The predicted octanol–water partition coefficient (Wildman–Crippen LogP) is 3.82. The smallest absolute Gasteiger partial charge is 0.251 e. The van der Waals surface area contributed by atoms with Crippen LogP contribution in [0.15, 0.2) is 30.5 Å². The molecule has 21 heavy (non-hydrogen) atoms. The summed E-state index contributed by atoms with van der Waals surface area (Å²) in [6.45, 7) is 0. The summed E-state index contributed by atoms with van der Waals surface area (Å²) in [5.41, 5.74) is 2.82. The molecule has 2 aromatic rings. The van der Waals surface area contributed by atoms with Gasteiger partial charge < -0.3 is 0 Å². The highest BCUT2D eigenvalue weighted by atomic mass is 19.3. The van der Waals surface area contributed by atoms with Gasteiger partial charge in [0.25, 0.3) is 5.92 Å². The number of aromatic nitrogens is 3. The van der Waals surface area contributed by atoms with Crippen LogP contribution in [0.2, 0.25) is 0 Å². The largest absolute Gasteiger partial charge is 0.266 e. The molecule has 0 N–H and O–H groups in total. The first-order valence-corrected chi connectivity index (χ1v) is 6.68. The third-order valence-electron chi connectivity index (χ3n) is 3.61. The maximum absolute atomic E-state index is 13.2. The average Bonchev–Trinajstić information content (AvgIpc) is 2.82.